The van der Waals surface area contributed by atoms with E-state index >= 15 is 0 Å². The van der Waals surface area contributed by atoms with Crippen LogP contribution in [0.2, 0.25) is 0 Å². The number of amides is 1. The van der Waals surface area contributed by atoms with E-state index in [2.05, 4.69) is 33.4 Å². The summed E-state index contributed by atoms with van der Waals surface area (Å²) in [6.45, 7) is 6.44. The van der Waals surface area contributed by atoms with Gasteiger partial charge in [-0.2, -0.15) is 0 Å². The van der Waals surface area contributed by atoms with Crippen molar-refractivity contribution in [2.45, 2.75) is 70.3 Å². The van der Waals surface area contributed by atoms with Gasteiger partial charge < -0.3 is 15.0 Å². The molecule has 0 unspecified atom stereocenters. The van der Waals surface area contributed by atoms with Gasteiger partial charge in [0, 0.05) is 29.9 Å². The molecule has 5 rings (SSSR count). The Bertz CT molecular complexity index is 942. The van der Waals surface area contributed by atoms with Crippen LogP contribution in [0.3, 0.4) is 0 Å². The SMILES string of the molecule is Cc1ccc(C(=O)N[C@H]2CC[C@H](CCN3CCC(c4cccc5c4CCO5)CC3)CC2)cn1. The zero-order valence-corrected chi connectivity index (χ0v) is 19.9. The monoisotopic (exact) mass is 447 g/mol. The Morgan fingerprint density at radius 2 is 1.91 bits per heavy atom. The van der Waals surface area contributed by atoms with Crippen molar-refractivity contribution in [3.05, 3.63) is 58.9 Å². The number of aromatic nitrogens is 1. The number of nitrogens with zero attached hydrogens (tertiary/aromatic N) is 2. The largest absolute Gasteiger partial charge is 0.493 e. The summed E-state index contributed by atoms with van der Waals surface area (Å²) in [4.78, 5) is 19.4. The molecule has 2 fully saturated rings. The number of nitrogens with one attached hydrogen (secondary N) is 1. The minimum Gasteiger partial charge on any atom is -0.493 e. The Kier molecular flexibility index (Phi) is 6.96. The number of carbonyl (C=O) groups is 1. The van der Waals surface area contributed by atoms with E-state index < -0.39 is 0 Å². The lowest BCUT2D eigenvalue weighted by Crippen LogP contribution is -2.38. The average Bonchev–Trinajstić information content (AvgIpc) is 3.34. The maximum atomic E-state index is 12.5. The molecule has 3 heterocycles. The van der Waals surface area contributed by atoms with E-state index in [0.717, 1.165) is 43.2 Å². The molecular weight excluding hydrogens is 410 g/mol. The quantitative estimate of drug-likeness (QED) is 0.686. The number of hydrogen-bond acceptors (Lipinski definition) is 4. The molecule has 33 heavy (non-hydrogen) atoms. The van der Waals surface area contributed by atoms with E-state index in [1.165, 1.54) is 57.3 Å². The van der Waals surface area contributed by atoms with Gasteiger partial charge in [-0.05, 0) is 107 Å². The number of benzene rings is 1. The van der Waals surface area contributed by atoms with Gasteiger partial charge >= 0.3 is 0 Å². The van der Waals surface area contributed by atoms with Crippen LogP contribution in [-0.2, 0) is 6.42 Å². The van der Waals surface area contributed by atoms with Gasteiger partial charge in [0.15, 0.2) is 0 Å². The summed E-state index contributed by atoms with van der Waals surface area (Å²) in [5.41, 5.74) is 4.62. The van der Waals surface area contributed by atoms with Gasteiger partial charge in [0.05, 0.1) is 12.2 Å². The highest BCUT2D eigenvalue weighted by atomic mass is 16.5. The molecule has 2 aliphatic heterocycles. The van der Waals surface area contributed by atoms with Gasteiger partial charge in [-0.25, -0.2) is 0 Å². The molecule has 1 saturated carbocycles. The molecule has 1 saturated heterocycles. The number of piperidine rings is 1. The number of rotatable bonds is 6. The highest BCUT2D eigenvalue weighted by Gasteiger charge is 2.27. The van der Waals surface area contributed by atoms with Crippen LogP contribution >= 0.6 is 0 Å². The summed E-state index contributed by atoms with van der Waals surface area (Å²) < 4.78 is 5.78. The Balaban J connectivity index is 1.02. The third-order valence-electron chi connectivity index (χ3n) is 8.02. The molecule has 1 amide bonds. The van der Waals surface area contributed by atoms with Crippen molar-refractivity contribution in [3.63, 3.8) is 0 Å². The van der Waals surface area contributed by atoms with E-state index in [0.29, 0.717) is 17.5 Å². The standard InChI is InChI=1S/C28H37N3O2/c1-20-5-8-23(19-29-20)28(32)30-24-9-6-21(7-10-24)11-15-31-16-12-22(13-17-31)25-3-2-4-27-26(25)14-18-33-27/h2-5,8,19,21-22,24H,6-7,9-18H2,1H3,(H,30,32)/t21-,24-. The van der Waals surface area contributed by atoms with E-state index in [1.807, 2.05) is 19.1 Å². The summed E-state index contributed by atoms with van der Waals surface area (Å²) in [5.74, 6) is 2.63. The molecule has 1 aromatic carbocycles. The van der Waals surface area contributed by atoms with Crippen LogP contribution in [0.5, 0.6) is 5.75 Å². The third-order valence-corrected chi connectivity index (χ3v) is 8.02. The molecule has 1 aromatic heterocycles. The lowest BCUT2D eigenvalue weighted by atomic mass is 9.83. The van der Waals surface area contributed by atoms with Crippen LogP contribution in [0.25, 0.3) is 0 Å². The van der Waals surface area contributed by atoms with Gasteiger partial charge in [-0.3, -0.25) is 9.78 Å². The van der Waals surface area contributed by atoms with E-state index in [-0.39, 0.29) is 5.91 Å². The summed E-state index contributed by atoms with van der Waals surface area (Å²) in [5, 5.41) is 3.22. The van der Waals surface area contributed by atoms with Gasteiger partial charge in [0.2, 0.25) is 0 Å². The topological polar surface area (TPSA) is 54.5 Å². The number of ether oxygens (including phenoxy) is 1. The number of fused-ring (bicyclic) bond motifs is 1. The minimum atomic E-state index is 0.0180. The van der Waals surface area contributed by atoms with Gasteiger partial charge in [-0.1, -0.05) is 12.1 Å². The van der Waals surface area contributed by atoms with Crippen LogP contribution < -0.4 is 10.1 Å². The van der Waals surface area contributed by atoms with Crippen molar-refractivity contribution >= 4 is 5.91 Å². The molecule has 176 valence electrons. The van der Waals surface area contributed by atoms with Crippen molar-refractivity contribution in [1.29, 1.82) is 0 Å². The van der Waals surface area contributed by atoms with E-state index in [4.69, 9.17) is 4.74 Å². The summed E-state index contributed by atoms with van der Waals surface area (Å²) in [6, 6.07) is 10.7. The Labute approximate surface area is 197 Å². The first kappa shape index (κ1) is 22.4. The average molecular weight is 448 g/mol. The second-order valence-electron chi connectivity index (χ2n) is 10.2. The molecule has 5 heteroatoms. The molecular formula is C28H37N3O2. The Morgan fingerprint density at radius 1 is 1.09 bits per heavy atom. The van der Waals surface area contributed by atoms with E-state index in [9.17, 15) is 4.79 Å². The predicted octanol–water partition coefficient (Wildman–Crippen LogP) is 4.88. The molecule has 5 nitrogen and oxygen atoms in total. The zero-order chi connectivity index (χ0) is 22.6. The molecule has 0 atom stereocenters. The lowest BCUT2D eigenvalue weighted by molar-refractivity contribution is 0.0919. The van der Waals surface area contributed by atoms with Crippen molar-refractivity contribution < 1.29 is 9.53 Å². The Hall–Kier alpha value is -2.40. The van der Waals surface area contributed by atoms with Crippen LogP contribution in [-0.4, -0.2) is 48.1 Å². The summed E-state index contributed by atoms with van der Waals surface area (Å²) in [7, 11) is 0. The normalized spacial score (nSPS) is 23.7. The van der Waals surface area contributed by atoms with E-state index in [1.54, 1.807) is 11.8 Å². The van der Waals surface area contributed by atoms with Crippen molar-refractivity contribution in [3.8, 4) is 5.75 Å². The minimum absolute atomic E-state index is 0.0180. The smallest absolute Gasteiger partial charge is 0.253 e. The van der Waals surface area contributed by atoms with Gasteiger partial charge in [-0.15, -0.1) is 0 Å². The first-order valence-electron chi connectivity index (χ1n) is 12.9. The number of pyridine rings is 1. The second-order valence-corrected chi connectivity index (χ2v) is 10.2. The van der Waals surface area contributed by atoms with Crippen molar-refractivity contribution in [2.75, 3.05) is 26.2 Å². The van der Waals surface area contributed by atoms with Crippen LogP contribution in [0.1, 0.15) is 78.0 Å². The number of hydrogen-bond donors (Lipinski definition) is 1. The third kappa shape index (κ3) is 5.40. The molecule has 2 aromatic rings. The lowest BCUT2D eigenvalue weighted by Gasteiger charge is -2.35. The van der Waals surface area contributed by atoms with Crippen molar-refractivity contribution in [1.82, 2.24) is 15.2 Å². The molecule has 0 radical (unpaired) electrons. The fraction of sp³-hybridized carbons (Fsp3) is 0.571. The van der Waals surface area contributed by atoms with Gasteiger partial charge in [0.1, 0.15) is 5.75 Å². The number of carbonyl (C=O) groups excluding carboxylic acids is 1. The van der Waals surface area contributed by atoms with Crippen LogP contribution in [0, 0.1) is 12.8 Å². The maximum Gasteiger partial charge on any atom is 0.253 e. The molecule has 3 aliphatic rings. The Morgan fingerprint density at radius 3 is 2.67 bits per heavy atom. The number of likely N-dealkylation sites (tertiary alicyclic amines) is 1. The first-order valence-corrected chi connectivity index (χ1v) is 12.9. The fourth-order valence-corrected chi connectivity index (χ4v) is 5.93. The summed E-state index contributed by atoms with van der Waals surface area (Å²) in [6.07, 6.45) is 11.2. The second kappa shape index (κ2) is 10.3. The maximum absolute atomic E-state index is 12.5. The van der Waals surface area contributed by atoms with Crippen LogP contribution in [0.15, 0.2) is 36.5 Å². The van der Waals surface area contributed by atoms with Crippen molar-refractivity contribution in [2.24, 2.45) is 5.92 Å². The molecule has 0 spiro atoms. The number of aryl methyl sites for hydroxylation is 1. The fourth-order valence-electron chi connectivity index (χ4n) is 5.93. The van der Waals surface area contributed by atoms with Gasteiger partial charge in [0.25, 0.3) is 5.91 Å². The molecule has 1 N–H and O–H groups in total. The first-order chi connectivity index (χ1) is 16.2. The molecule has 0 bridgehead atoms. The predicted molar refractivity (Wildman–Crippen MR) is 131 cm³/mol. The molecule has 1 aliphatic carbocycles. The summed E-state index contributed by atoms with van der Waals surface area (Å²) >= 11 is 0. The highest BCUT2D eigenvalue weighted by Crippen LogP contribution is 2.37. The highest BCUT2D eigenvalue weighted by molar-refractivity contribution is 5.94. The van der Waals surface area contributed by atoms with Crippen LogP contribution in [0.4, 0.5) is 0 Å². The zero-order valence-electron chi connectivity index (χ0n) is 19.9.